The van der Waals surface area contributed by atoms with Crippen molar-refractivity contribution < 1.29 is 9.59 Å². The van der Waals surface area contributed by atoms with Gasteiger partial charge in [-0.1, -0.05) is 43.5 Å². The first-order valence-electron chi connectivity index (χ1n) is 8.70. The number of anilines is 1. The highest BCUT2D eigenvalue weighted by Crippen LogP contribution is 2.53. The summed E-state index contributed by atoms with van der Waals surface area (Å²) in [5, 5.41) is 4.85. The van der Waals surface area contributed by atoms with Gasteiger partial charge in [-0.2, -0.15) is 0 Å². The van der Waals surface area contributed by atoms with Gasteiger partial charge in [0.15, 0.2) is 0 Å². The molecule has 3 fully saturated rings. The predicted molar refractivity (Wildman–Crippen MR) is 90.6 cm³/mol. The van der Waals surface area contributed by atoms with E-state index in [2.05, 4.69) is 10.3 Å². The molecule has 1 aliphatic heterocycles. The number of urea groups is 1. The molecule has 3 aliphatic rings. The zero-order valence-corrected chi connectivity index (χ0v) is 13.4. The Morgan fingerprint density at radius 1 is 1.12 bits per heavy atom. The van der Waals surface area contributed by atoms with Crippen molar-refractivity contribution >= 4 is 28.4 Å². The number of imide groups is 1. The summed E-state index contributed by atoms with van der Waals surface area (Å²) < 4.78 is 0. The summed E-state index contributed by atoms with van der Waals surface area (Å²) in [5.41, 5.74) is -0.0780. The lowest BCUT2D eigenvalue weighted by Gasteiger charge is -2.51. The Labute approximate surface area is 140 Å². The first-order chi connectivity index (χ1) is 11.7. The van der Waals surface area contributed by atoms with Gasteiger partial charge in [0.25, 0.3) is 5.91 Å². The largest absolute Gasteiger partial charge is 0.329 e. The molecule has 5 heteroatoms. The number of pyridine rings is 1. The van der Waals surface area contributed by atoms with Crippen molar-refractivity contribution in [1.29, 1.82) is 0 Å². The third-order valence-electron chi connectivity index (χ3n) is 6.21. The second kappa shape index (κ2) is 4.79. The van der Waals surface area contributed by atoms with Crippen LogP contribution in [0.15, 0.2) is 36.7 Å². The molecular formula is C19H19N3O2. The topological polar surface area (TPSA) is 62.3 Å². The first kappa shape index (κ1) is 14.0. The van der Waals surface area contributed by atoms with Gasteiger partial charge in [0, 0.05) is 17.0 Å². The highest BCUT2D eigenvalue weighted by molar-refractivity contribution is 6.26. The van der Waals surface area contributed by atoms with E-state index in [0.29, 0.717) is 17.5 Å². The van der Waals surface area contributed by atoms with Crippen LogP contribution in [0.4, 0.5) is 10.5 Å². The van der Waals surface area contributed by atoms with Crippen LogP contribution in [0, 0.1) is 11.8 Å². The number of amides is 3. The lowest BCUT2D eigenvalue weighted by atomic mass is 9.56. The molecule has 1 saturated heterocycles. The molecule has 24 heavy (non-hydrogen) atoms. The molecule has 5 nitrogen and oxygen atoms in total. The lowest BCUT2D eigenvalue weighted by Crippen LogP contribution is -2.63. The minimum atomic E-state index is -0.668. The van der Waals surface area contributed by atoms with Gasteiger partial charge in [0.05, 0.1) is 11.9 Å². The molecule has 2 atom stereocenters. The van der Waals surface area contributed by atoms with Gasteiger partial charge in [0.2, 0.25) is 0 Å². The van der Waals surface area contributed by atoms with Crippen molar-refractivity contribution in [3.8, 4) is 0 Å². The van der Waals surface area contributed by atoms with Gasteiger partial charge in [0.1, 0.15) is 5.54 Å². The number of carbonyl (C=O) groups is 2. The summed E-state index contributed by atoms with van der Waals surface area (Å²) >= 11 is 0. The minimum Gasteiger partial charge on any atom is -0.322 e. The molecule has 2 saturated carbocycles. The van der Waals surface area contributed by atoms with E-state index in [9.17, 15) is 9.59 Å². The van der Waals surface area contributed by atoms with Crippen molar-refractivity contribution in [3.63, 3.8) is 0 Å². The van der Waals surface area contributed by atoms with Crippen LogP contribution >= 0.6 is 0 Å². The highest BCUT2D eigenvalue weighted by atomic mass is 16.2. The van der Waals surface area contributed by atoms with E-state index in [0.717, 1.165) is 23.6 Å². The van der Waals surface area contributed by atoms with Crippen molar-refractivity contribution in [2.45, 2.75) is 37.6 Å². The SMILES string of the molecule is O=C1NC2(CCC2C2CCC2)C(=O)N1c1cncc2ccccc12. The molecule has 2 aromatic rings. The number of fused-ring (bicyclic) bond motifs is 1. The number of carbonyl (C=O) groups excluding carboxylic acids is 2. The summed E-state index contributed by atoms with van der Waals surface area (Å²) in [7, 11) is 0. The van der Waals surface area contributed by atoms with Crippen LogP contribution in [-0.4, -0.2) is 22.5 Å². The number of benzene rings is 1. The van der Waals surface area contributed by atoms with E-state index in [1.165, 1.54) is 24.2 Å². The Morgan fingerprint density at radius 2 is 1.96 bits per heavy atom. The van der Waals surface area contributed by atoms with Gasteiger partial charge in [-0.25, -0.2) is 9.69 Å². The Bertz CT molecular complexity index is 855. The molecule has 2 heterocycles. The summed E-state index contributed by atoms with van der Waals surface area (Å²) in [6.07, 6.45) is 8.79. The fourth-order valence-electron chi connectivity index (χ4n) is 4.59. The molecule has 0 bridgehead atoms. The van der Waals surface area contributed by atoms with Crippen LogP contribution in [0.2, 0.25) is 0 Å². The number of nitrogens with zero attached hydrogens (tertiary/aromatic N) is 2. The molecule has 1 aromatic heterocycles. The number of nitrogens with one attached hydrogen (secondary N) is 1. The van der Waals surface area contributed by atoms with Crippen LogP contribution in [-0.2, 0) is 4.79 Å². The van der Waals surface area contributed by atoms with Gasteiger partial charge < -0.3 is 5.32 Å². The molecule has 0 radical (unpaired) electrons. The Hall–Kier alpha value is -2.43. The standard InChI is InChI=1S/C19H19N3O2/c23-17-19(9-8-15(19)12-5-3-6-12)21-18(24)22(17)16-11-20-10-13-4-1-2-7-14(13)16/h1-2,4,7,10-12,15H,3,5-6,8-9H2,(H,21,24). The van der Waals surface area contributed by atoms with E-state index in [1.807, 2.05) is 24.3 Å². The van der Waals surface area contributed by atoms with Crippen LogP contribution < -0.4 is 10.2 Å². The molecule has 5 rings (SSSR count). The van der Waals surface area contributed by atoms with Crippen molar-refractivity contribution in [2.75, 3.05) is 4.90 Å². The summed E-state index contributed by atoms with van der Waals surface area (Å²) in [6, 6.07) is 7.42. The summed E-state index contributed by atoms with van der Waals surface area (Å²) in [5.74, 6) is 0.804. The van der Waals surface area contributed by atoms with Gasteiger partial charge in [-0.05, 0) is 24.7 Å². The number of hydrogen-bond donors (Lipinski definition) is 1. The quantitative estimate of drug-likeness (QED) is 0.864. The molecule has 122 valence electrons. The van der Waals surface area contributed by atoms with E-state index in [4.69, 9.17) is 0 Å². The van der Waals surface area contributed by atoms with Crippen LogP contribution in [0.1, 0.15) is 32.1 Å². The van der Waals surface area contributed by atoms with Gasteiger partial charge in [-0.3, -0.25) is 9.78 Å². The molecule has 2 aliphatic carbocycles. The van der Waals surface area contributed by atoms with E-state index in [-0.39, 0.29) is 11.9 Å². The normalized spacial score (nSPS) is 29.7. The average Bonchev–Trinajstić information content (AvgIpc) is 2.82. The Balaban J connectivity index is 1.57. The number of aromatic nitrogens is 1. The van der Waals surface area contributed by atoms with Crippen molar-refractivity contribution in [2.24, 2.45) is 11.8 Å². The molecule has 2 unspecified atom stereocenters. The van der Waals surface area contributed by atoms with Crippen LogP contribution in [0.25, 0.3) is 10.8 Å². The second-order valence-corrected chi connectivity index (χ2v) is 7.26. The minimum absolute atomic E-state index is 0.0891. The van der Waals surface area contributed by atoms with Gasteiger partial charge in [-0.15, -0.1) is 0 Å². The molecular weight excluding hydrogens is 302 g/mol. The van der Waals surface area contributed by atoms with Crippen molar-refractivity contribution in [1.82, 2.24) is 10.3 Å². The maximum absolute atomic E-state index is 13.2. The van der Waals surface area contributed by atoms with Gasteiger partial charge >= 0.3 is 6.03 Å². The zero-order chi connectivity index (χ0) is 16.3. The zero-order valence-electron chi connectivity index (χ0n) is 13.4. The predicted octanol–water partition coefficient (Wildman–Crippen LogP) is 3.24. The van der Waals surface area contributed by atoms with E-state index < -0.39 is 5.54 Å². The maximum Gasteiger partial charge on any atom is 0.329 e. The summed E-state index contributed by atoms with van der Waals surface area (Å²) in [6.45, 7) is 0. The lowest BCUT2D eigenvalue weighted by molar-refractivity contribution is -0.131. The monoisotopic (exact) mass is 321 g/mol. The first-order valence-corrected chi connectivity index (χ1v) is 8.70. The average molecular weight is 321 g/mol. The Kier molecular flexibility index (Phi) is 2.78. The maximum atomic E-state index is 13.2. The summed E-state index contributed by atoms with van der Waals surface area (Å²) in [4.78, 5) is 31.5. The van der Waals surface area contributed by atoms with Crippen LogP contribution in [0.5, 0.6) is 0 Å². The third kappa shape index (κ3) is 1.67. The highest BCUT2D eigenvalue weighted by Gasteiger charge is 2.63. The fourth-order valence-corrected chi connectivity index (χ4v) is 4.59. The number of rotatable bonds is 2. The smallest absolute Gasteiger partial charge is 0.322 e. The van der Waals surface area contributed by atoms with Crippen molar-refractivity contribution in [3.05, 3.63) is 36.7 Å². The van der Waals surface area contributed by atoms with E-state index in [1.54, 1.807) is 12.4 Å². The molecule has 1 aromatic carbocycles. The van der Waals surface area contributed by atoms with Crippen LogP contribution in [0.3, 0.4) is 0 Å². The third-order valence-corrected chi connectivity index (χ3v) is 6.21. The van der Waals surface area contributed by atoms with E-state index >= 15 is 0 Å². The second-order valence-electron chi connectivity index (χ2n) is 7.26. The fraction of sp³-hybridized carbons (Fsp3) is 0.421. The molecule has 1 spiro atoms. The molecule has 1 N–H and O–H groups in total. The Morgan fingerprint density at radius 3 is 2.67 bits per heavy atom. The number of hydrogen-bond acceptors (Lipinski definition) is 3. The molecule has 3 amide bonds.